The number of aliphatic hydroxyl groups excluding tert-OH is 1. The molecule has 0 saturated heterocycles. The van der Waals surface area contributed by atoms with E-state index in [9.17, 15) is 5.11 Å². The van der Waals surface area contributed by atoms with Gasteiger partial charge in [-0.2, -0.15) is 0 Å². The molecule has 0 heterocycles. The molecule has 1 unspecified atom stereocenters. The van der Waals surface area contributed by atoms with E-state index in [4.69, 9.17) is 9.47 Å². The fourth-order valence-electron chi connectivity index (χ4n) is 1.66. The van der Waals surface area contributed by atoms with Crippen molar-refractivity contribution in [2.24, 2.45) is 0 Å². The van der Waals surface area contributed by atoms with Crippen molar-refractivity contribution in [2.45, 2.75) is 57.7 Å². The van der Waals surface area contributed by atoms with Crippen LogP contribution in [0.25, 0.3) is 0 Å². The molecule has 0 aromatic rings. The second-order valence-corrected chi connectivity index (χ2v) is 5.42. The van der Waals surface area contributed by atoms with Gasteiger partial charge in [0.05, 0.1) is 25.9 Å². The first kappa shape index (κ1) is 14.9. The summed E-state index contributed by atoms with van der Waals surface area (Å²) >= 11 is 0. The lowest BCUT2D eigenvalue weighted by Crippen LogP contribution is -2.47. The lowest BCUT2D eigenvalue weighted by molar-refractivity contribution is 0.0114. The zero-order chi connectivity index (χ0) is 12.7. The zero-order valence-corrected chi connectivity index (χ0v) is 11.4. The van der Waals surface area contributed by atoms with Crippen LogP contribution in [0.1, 0.15) is 40.0 Å². The SMILES string of the molecule is CC(C)OCCOCCC(C)(CO)NC1CC1. The summed E-state index contributed by atoms with van der Waals surface area (Å²) in [5.41, 5.74) is -0.194. The van der Waals surface area contributed by atoms with Gasteiger partial charge in [-0.1, -0.05) is 0 Å². The molecule has 0 aromatic heterocycles. The molecule has 2 N–H and O–H groups in total. The molecule has 0 spiro atoms. The van der Waals surface area contributed by atoms with Crippen molar-refractivity contribution in [2.75, 3.05) is 26.4 Å². The lowest BCUT2D eigenvalue weighted by atomic mass is 9.99. The molecular formula is C13H27NO3. The van der Waals surface area contributed by atoms with Gasteiger partial charge in [0, 0.05) is 18.2 Å². The highest BCUT2D eigenvalue weighted by atomic mass is 16.5. The van der Waals surface area contributed by atoms with Crippen LogP contribution in [-0.4, -0.2) is 49.2 Å². The van der Waals surface area contributed by atoms with Gasteiger partial charge in [0.2, 0.25) is 0 Å². The predicted molar refractivity (Wildman–Crippen MR) is 68.2 cm³/mol. The number of hydrogen-bond acceptors (Lipinski definition) is 4. The molecule has 1 aliphatic rings. The molecule has 1 saturated carbocycles. The Balaban J connectivity index is 2.02. The van der Waals surface area contributed by atoms with E-state index < -0.39 is 0 Å². The quantitative estimate of drug-likeness (QED) is 0.570. The molecule has 0 aliphatic heterocycles. The molecule has 102 valence electrons. The first-order chi connectivity index (χ1) is 8.06. The van der Waals surface area contributed by atoms with Crippen molar-refractivity contribution in [3.8, 4) is 0 Å². The van der Waals surface area contributed by atoms with E-state index in [1.165, 1.54) is 12.8 Å². The summed E-state index contributed by atoms with van der Waals surface area (Å²) in [5, 5.41) is 12.9. The molecule has 1 rings (SSSR count). The van der Waals surface area contributed by atoms with Crippen molar-refractivity contribution in [1.82, 2.24) is 5.32 Å². The minimum atomic E-state index is -0.194. The Morgan fingerprint density at radius 3 is 2.53 bits per heavy atom. The van der Waals surface area contributed by atoms with Crippen LogP contribution in [0.4, 0.5) is 0 Å². The van der Waals surface area contributed by atoms with Gasteiger partial charge in [-0.3, -0.25) is 0 Å². The van der Waals surface area contributed by atoms with Crippen molar-refractivity contribution >= 4 is 0 Å². The highest BCUT2D eigenvalue weighted by molar-refractivity contribution is 4.92. The van der Waals surface area contributed by atoms with Crippen LogP contribution in [0, 0.1) is 0 Å². The van der Waals surface area contributed by atoms with Gasteiger partial charge in [0.1, 0.15) is 0 Å². The minimum absolute atomic E-state index is 0.162. The smallest absolute Gasteiger partial charge is 0.0703 e. The molecule has 1 fully saturated rings. The average molecular weight is 245 g/mol. The highest BCUT2D eigenvalue weighted by Gasteiger charge is 2.31. The van der Waals surface area contributed by atoms with E-state index in [1.807, 2.05) is 13.8 Å². The number of nitrogens with one attached hydrogen (secondary N) is 1. The minimum Gasteiger partial charge on any atom is -0.394 e. The molecule has 17 heavy (non-hydrogen) atoms. The van der Waals surface area contributed by atoms with E-state index in [1.54, 1.807) is 0 Å². The van der Waals surface area contributed by atoms with Crippen LogP contribution in [0.5, 0.6) is 0 Å². The van der Waals surface area contributed by atoms with E-state index in [2.05, 4.69) is 12.2 Å². The van der Waals surface area contributed by atoms with Crippen LogP contribution in [-0.2, 0) is 9.47 Å². The van der Waals surface area contributed by atoms with Crippen LogP contribution < -0.4 is 5.32 Å². The van der Waals surface area contributed by atoms with Gasteiger partial charge in [-0.25, -0.2) is 0 Å². The van der Waals surface area contributed by atoms with Crippen molar-refractivity contribution < 1.29 is 14.6 Å². The standard InChI is InChI=1S/C13H27NO3/c1-11(2)17-9-8-16-7-6-13(3,10-15)14-12-4-5-12/h11-12,14-15H,4-10H2,1-3H3. The largest absolute Gasteiger partial charge is 0.394 e. The van der Waals surface area contributed by atoms with Crippen LogP contribution in [0.2, 0.25) is 0 Å². The van der Waals surface area contributed by atoms with Crippen molar-refractivity contribution in [3.63, 3.8) is 0 Å². The zero-order valence-electron chi connectivity index (χ0n) is 11.4. The van der Waals surface area contributed by atoms with E-state index >= 15 is 0 Å². The van der Waals surface area contributed by atoms with Gasteiger partial charge >= 0.3 is 0 Å². The Morgan fingerprint density at radius 2 is 2.00 bits per heavy atom. The van der Waals surface area contributed by atoms with Crippen LogP contribution >= 0.6 is 0 Å². The monoisotopic (exact) mass is 245 g/mol. The Kier molecular flexibility index (Phi) is 6.41. The summed E-state index contributed by atoms with van der Waals surface area (Å²) in [6.07, 6.45) is 3.57. The fraction of sp³-hybridized carbons (Fsp3) is 1.00. The predicted octanol–water partition coefficient (Wildman–Crippen LogP) is 1.32. The fourth-order valence-corrected chi connectivity index (χ4v) is 1.66. The Labute approximate surface area is 105 Å². The van der Waals surface area contributed by atoms with Gasteiger partial charge in [0.25, 0.3) is 0 Å². The highest BCUT2D eigenvalue weighted by Crippen LogP contribution is 2.23. The molecule has 4 heteroatoms. The Bertz CT molecular complexity index is 207. The number of ether oxygens (including phenoxy) is 2. The summed E-state index contributed by atoms with van der Waals surface area (Å²) in [4.78, 5) is 0. The molecular weight excluding hydrogens is 218 g/mol. The molecule has 0 radical (unpaired) electrons. The maximum atomic E-state index is 9.39. The summed E-state index contributed by atoms with van der Waals surface area (Å²) < 4.78 is 10.9. The Morgan fingerprint density at radius 1 is 1.29 bits per heavy atom. The maximum absolute atomic E-state index is 9.39. The molecule has 0 amide bonds. The van der Waals surface area contributed by atoms with E-state index in [-0.39, 0.29) is 18.2 Å². The van der Waals surface area contributed by atoms with Gasteiger partial charge in [-0.05, 0) is 40.0 Å². The van der Waals surface area contributed by atoms with Crippen molar-refractivity contribution in [1.29, 1.82) is 0 Å². The second kappa shape index (κ2) is 7.31. The van der Waals surface area contributed by atoms with Crippen LogP contribution in [0.15, 0.2) is 0 Å². The molecule has 0 bridgehead atoms. The Hall–Kier alpha value is -0.160. The van der Waals surface area contributed by atoms with Gasteiger partial charge in [-0.15, -0.1) is 0 Å². The lowest BCUT2D eigenvalue weighted by Gasteiger charge is -2.28. The molecule has 1 atom stereocenters. The molecule has 4 nitrogen and oxygen atoms in total. The summed E-state index contributed by atoms with van der Waals surface area (Å²) in [6.45, 7) is 8.18. The normalized spacial score (nSPS) is 19.6. The second-order valence-electron chi connectivity index (χ2n) is 5.42. The topological polar surface area (TPSA) is 50.7 Å². The number of rotatable bonds is 10. The summed E-state index contributed by atoms with van der Waals surface area (Å²) in [7, 11) is 0. The summed E-state index contributed by atoms with van der Waals surface area (Å²) in [6, 6.07) is 0.608. The number of hydrogen-bond donors (Lipinski definition) is 2. The van der Waals surface area contributed by atoms with E-state index in [0.29, 0.717) is 25.9 Å². The summed E-state index contributed by atoms with van der Waals surface area (Å²) in [5.74, 6) is 0. The third-order valence-corrected chi connectivity index (χ3v) is 2.96. The molecule has 0 aromatic carbocycles. The van der Waals surface area contributed by atoms with Crippen molar-refractivity contribution in [3.05, 3.63) is 0 Å². The molecule has 1 aliphatic carbocycles. The average Bonchev–Trinajstić information content (AvgIpc) is 3.06. The maximum Gasteiger partial charge on any atom is 0.0703 e. The van der Waals surface area contributed by atoms with Gasteiger partial charge in [0.15, 0.2) is 0 Å². The third-order valence-electron chi connectivity index (χ3n) is 2.96. The first-order valence-electron chi connectivity index (χ1n) is 6.63. The van der Waals surface area contributed by atoms with Gasteiger partial charge < -0.3 is 19.9 Å². The third kappa shape index (κ3) is 6.99. The van der Waals surface area contributed by atoms with Crippen LogP contribution in [0.3, 0.4) is 0 Å². The number of aliphatic hydroxyl groups is 1. The van der Waals surface area contributed by atoms with E-state index in [0.717, 1.165) is 6.42 Å². The first-order valence-corrected chi connectivity index (χ1v) is 6.63.